The number of rotatable bonds is 7. The second-order valence-electron chi connectivity index (χ2n) is 4.91. The van der Waals surface area contributed by atoms with E-state index in [1.54, 1.807) is 0 Å². The Morgan fingerprint density at radius 1 is 1.40 bits per heavy atom. The first kappa shape index (κ1) is 14.2. The van der Waals surface area contributed by atoms with E-state index in [1.807, 2.05) is 13.8 Å². The third kappa shape index (κ3) is 6.33. The predicted octanol–water partition coefficient (Wildman–Crippen LogP) is 2.21. The lowest BCUT2D eigenvalue weighted by Crippen LogP contribution is -2.33. The van der Waals surface area contributed by atoms with Gasteiger partial charge in [0.15, 0.2) is 0 Å². The maximum Gasteiger partial charge on any atom is 0.144 e. The quantitative estimate of drug-likeness (QED) is 0.225. The number of amidine groups is 1. The average molecular weight is 216 g/mol. The third-order valence-electron chi connectivity index (χ3n) is 2.51. The van der Waals surface area contributed by atoms with Crippen LogP contribution in [0.2, 0.25) is 0 Å². The van der Waals surface area contributed by atoms with Gasteiger partial charge in [0.05, 0.1) is 0 Å². The van der Waals surface area contributed by atoms with Crippen LogP contribution in [0.1, 0.15) is 40.5 Å². The molecule has 4 heteroatoms. The summed E-state index contributed by atoms with van der Waals surface area (Å²) in [6.45, 7) is 9.65. The summed E-state index contributed by atoms with van der Waals surface area (Å²) in [6.07, 6.45) is 1.84. The fourth-order valence-electron chi connectivity index (χ4n) is 1.01. The number of hydrogen-bond acceptors (Lipinski definition) is 3. The molecule has 0 spiro atoms. The summed E-state index contributed by atoms with van der Waals surface area (Å²) in [7, 11) is 0. The molecule has 0 aliphatic carbocycles. The van der Waals surface area contributed by atoms with Crippen molar-refractivity contribution in [2.75, 3.05) is 13.2 Å². The van der Waals surface area contributed by atoms with E-state index in [0.717, 1.165) is 19.4 Å². The summed E-state index contributed by atoms with van der Waals surface area (Å²) in [4.78, 5) is 0. The molecule has 3 N–H and O–H groups in total. The molecular formula is C11H24N2O2. The Bertz CT molecular complexity index is 201. The van der Waals surface area contributed by atoms with E-state index < -0.39 is 0 Å². The topological polar surface area (TPSA) is 67.8 Å². The number of oxime groups is 1. The van der Waals surface area contributed by atoms with Crippen molar-refractivity contribution in [1.82, 2.24) is 0 Å². The van der Waals surface area contributed by atoms with Gasteiger partial charge in [-0.15, -0.1) is 0 Å². The van der Waals surface area contributed by atoms with Gasteiger partial charge in [0.1, 0.15) is 5.84 Å². The highest BCUT2D eigenvalue weighted by molar-refractivity contribution is 5.85. The van der Waals surface area contributed by atoms with Crippen molar-refractivity contribution >= 4 is 5.84 Å². The molecule has 0 aromatic rings. The molecule has 0 saturated heterocycles. The zero-order valence-electron chi connectivity index (χ0n) is 10.3. The second kappa shape index (κ2) is 6.67. The minimum atomic E-state index is -0.299. The monoisotopic (exact) mass is 216 g/mol. The van der Waals surface area contributed by atoms with Gasteiger partial charge < -0.3 is 15.7 Å². The molecule has 0 aliphatic rings. The molecule has 0 aromatic carbocycles. The zero-order chi connectivity index (χ0) is 11.9. The highest BCUT2D eigenvalue weighted by Crippen LogP contribution is 2.20. The summed E-state index contributed by atoms with van der Waals surface area (Å²) in [6, 6.07) is 0. The third-order valence-corrected chi connectivity index (χ3v) is 2.51. The van der Waals surface area contributed by atoms with Gasteiger partial charge in [-0.3, -0.25) is 0 Å². The largest absolute Gasteiger partial charge is 0.409 e. The number of nitrogens with zero attached hydrogens (tertiary/aromatic N) is 1. The van der Waals surface area contributed by atoms with Gasteiger partial charge in [-0.2, -0.15) is 0 Å². The first-order chi connectivity index (χ1) is 6.90. The number of hydrogen-bond donors (Lipinski definition) is 2. The van der Waals surface area contributed by atoms with Crippen molar-refractivity contribution < 1.29 is 9.94 Å². The van der Waals surface area contributed by atoms with Gasteiger partial charge in [0.2, 0.25) is 0 Å². The molecule has 0 heterocycles. The van der Waals surface area contributed by atoms with Gasteiger partial charge >= 0.3 is 0 Å². The molecule has 0 radical (unpaired) electrons. The van der Waals surface area contributed by atoms with Crippen LogP contribution in [0.25, 0.3) is 0 Å². The number of ether oxygens (including phenoxy) is 1. The van der Waals surface area contributed by atoms with E-state index in [0.29, 0.717) is 12.5 Å². The van der Waals surface area contributed by atoms with E-state index in [1.165, 1.54) is 0 Å². The van der Waals surface area contributed by atoms with Crippen LogP contribution in [-0.2, 0) is 4.74 Å². The molecule has 0 rings (SSSR count). The molecule has 0 atom stereocenters. The lowest BCUT2D eigenvalue weighted by Gasteiger charge is -2.22. The standard InChI is InChI=1S/C11H24N2O2/c1-9(2)5-7-15-8-6-11(3,4)10(12)13-14/h9,14H,5-8H2,1-4H3,(H2,12,13). The van der Waals surface area contributed by atoms with Crippen molar-refractivity contribution in [2.24, 2.45) is 22.2 Å². The minimum Gasteiger partial charge on any atom is -0.409 e. The SMILES string of the molecule is CC(C)CCOCCC(C)(C)C(N)=NO. The second-order valence-corrected chi connectivity index (χ2v) is 4.91. The summed E-state index contributed by atoms with van der Waals surface area (Å²) in [5.41, 5.74) is 5.26. The summed E-state index contributed by atoms with van der Waals surface area (Å²) < 4.78 is 5.48. The maximum atomic E-state index is 8.57. The predicted molar refractivity (Wildman–Crippen MR) is 62.1 cm³/mol. The molecule has 90 valence electrons. The van der Waals surface area contributed by atoms with Crippen LogP contribution in [0.5, 0.6) is 0 Å². The van der Waals surface area contributed by atoms with Crippen LogP contribution >= 0.6 is 0 Å². The molecular weight excluding hydrogens is 192 g/mol. The minimum absolute atomic E-state index is 0.259. The molecule has 0 bridgehead atoms. The van der Waals surface area contributed by atoms with Gasteiger partial charge in [-0.1, -0.05) is 32.9 Å². The normalized spacial score (nSPS) is 13.5. The Labute approximate surface area is 92.5 Å². The van der Waals surface area contributed by atoms with Gasteiger partial charge in [-0.05, 0) is 18.8 Å². The van der Waals surface area contributed by atoms with E-state index >= 15 is 0 Å². The summed E-state index contributed by atoms with van der Waals surface area (Å²) in [5, 5.41) is 11.6. The van der Waals surface area contributed by atoms with E-state index in [2.05, 4.69) is 19.0 Å². The van der Waals surface area contributed by atoms with Crippen molar-refractivity contribution in [3.05, 3.63) is 0 Å². The molecule has 15 heavy (non-hydrogen) atoms. The Hall–Kier alpha value is -0.770. The number of nitrogens with two attached hydrogens (primary N) is 1. The van der Waals surface area contributed by atoms with E-state index in [-0.39, 0.29) is 11.3 Å². The van der Waals surface area contributed by atoms with Crippen molar-refractivity contribution in [1.29, 1.82) is 0 Å². The highest BCUT2D eigenvalue weighted by atomic mass is 16.5. The summed E-state index contributed by atoms with van der Waals surface area (Å²) >= 11 is 0. The first-order valence-electron chi connectivity index (χ1n) is 5.46. The molecule has 0 aliphatic heterocycles. The first-order valence-corrected chi connectivity index (χ1v) is 5.46. The van der Waals surface area contributed by atoms with Gasteiger partial charge in [0.25, 0.3) is 0 Å². The fraction of sp³-hybridized carbons (Fsp3) is 0.909. The van der Waals surface area contributed by atoms with E-state index in [9.17, 15) is 0 Å². The Morgan fingerprint density at radius 2 is 2.00 bits per heavy atom. The van der Waals surface area contributed by atoms with Gasteiger partial charge in [-0.25, -0.2) is 0 Å². The van der Waals surface area contributed by atoms with Crippen LogP contribution in [0, 0.1) is 11.3 Å². The molecule has 0 amide bonds. The highest BCUT2D eigenvalue weighted by Gasteiger charge is 2.22. The zero-order valence-corrected chi connectivity index (χ0v) is 10.3. The fourth-order valence-corrected chi connectivity index (χ4v) is 1.01. The molecule has 0 saturated carbocycles. The molecule has 0 unspecified atom stereocenters. The average Bonchev–Trinajstić information content (AvgIpc) is 2.15. The van der Waals surface area contributed by atoms with Crippen LogP contribution in [0.3, 0.4) is 0 Å². The molecule has 4 nitrogen and oxygen atoms in total. The lowest BCUT2D eigenvalue weighted by atomic mass is 9.88. The van der Waals surface area contributed by atoms with E-state index in [4.69, 9.17) is 15.7 Å². The Morgan fingerprint density at radius 3 is 2.47 bits per heavy atom. The van der Waals surface area contributed by atoms with Crippen LogP contribution in [-0.4, -0.2) is 24.3 Å². The van der Waals surface area contributed by atoms with Crippen molar-refractivity contribution in [2.45, 2.75) is 40.5 Å². The van der Waals surface area contributed by atoms with Crippen LogP contribution in [0.15, 0.2) is 5.16 Å². The Balaban J connectivity index is 3.67. The smallest absolute Gasteiger partial charge is 0.144 e. The van der Waals surface area contributed by atoms with Crippen LogP contribution < -0.4 is 5.73 Å². The summed E-state index contributed by atoms with van der Waals surface area (Å²) in [5.74, 6) is 0.928. The maximum absolute atomic E-state index is 8.57. The molecule has 0 aromatic heterocycles. The Kier molecular flexibility index (Phi) is 6.32. The van der Waals surface area contributed by atoms with Crippen LogP contribution in [0.4, 0.5) is 0 Å². The van der Waals surface area contributed by atoms with Crippen molar-refractivity contribution in [3.63, 3.8) is 0 Å². The lowest BCUT2D eigenvalue weighted by molar-refractivity contribution is 0.107. The van der Waals surface area contributed by atoms with Crippen molar-refractivity contribution in [3.8, 4) is 0 Å². The van der Waals surface area contributed by atoms with Gasteiger partial charge in [0, 0.05) is 18.6 Å². The molecule has 0 fully saturated rings.